The number of carbonyl (C=O) groups excluding carboxylic acids is 1. The molecule has 2 aromatic carbocycles. The Hall–Kier alpha value is -3.82. The minimum absolute atomic E-state index is 0.0669. The van der Waals surface area contributed by atoms with Crippen molar-refractivity contribution in [2.75, 3.05) is 57.4 Å². The zero-order valence-corrected chi connectivity index (χ0v) is 25.5. The van der Waals surface area contributed by atoms with Crippen LogP contribution in [0.25, 0.3) is 21.3 Å². The molecule has 9 nitrogen and oxygen atoms in total. The van der Waals surface area contributed by atoms with Gasteiger partial charge < -0.3 is 30.5 Å². The Labute approximate surface area is 260 Å². The van der Waals surface area contributed by atoms with Crippen LogP contribution in [0.15, 0.2) is 35.8 Å². The number of alkyl halides is 3. The van der Waals surface area contributed by atoms with Crippen molar-refractivity contribution >= 4 is 44.1 Å². The molecule has 0 bridgehead atoms. The molecule has 2 saturated heterocycles. The Bertz CT molecular complexity index is 1700. The topological polar surface area (TPSA) is 99.3 Å². The molecule has 3 N–H and O–H groups in total. The van der Waals surface area contributed by atoms with E-state index in [-0.39, 0.29) is 82.7 Å². The fourth-order valence-corrected chi connectivity index (χ4v) is 6.94. The van der Waals surface area contributed by atoms with Gasteiger partial charge in [0.2, 0.25) is 11.8 Å². The maximum atomic E-state index is 16.9. The summed E-state index contributed by atoms with van der Waals surface area (Å²) in [5, 5.41) is 2.88. The number of fused-ring (bicyclic) bond motifs is 2. The molecule has 3 aromatic rings. The fraction of sp³-hybridized carbons (Fsp3) is 0.433. The van der Waals surface area contributed by atoms with E-state index < -0.39 is 34.8 Å². The molecular weight excluding hydrogens is 617 g/mol. The van der Waals surface area contributed by atoms with Crippen LogP contribution in [0.2, 0.25) is 0 Å². The number of hydrogen-bond acceptors (Lipinski definition) is 9. The Balaban J connectivity index is 1.50. The fourth-order valence-electron chi connectivity index (χ4n) is 6.18. The van der Waals surface area contributed by atoms with E-state index in [1.165, 1.54) is 6.08 Å². The summed E-state index contributed by atoms with van der Waals surface area (Å²) in [4.78, 5) is 26.4. The Kier molecular flexibility index (Phi) is 7.98. The van der Waals surface area contributed by atoms with Crippen molar-refractivity contribution in [3.63, 3.8) is 0 Å². The number of carbonyl (C=O) groups is 1. The summed E-state index contributed by atoms with van der Waals surface area (Å²) < 4.78 is 81.9. The predicted octanol–water partition coefficient (Wildman–Crippen LogP) is 5.13. The number of nitrogens with two attached hydrogens (primary N) is 1. The molecule has 0 radical (unpaired) electrons. The van der Waals surface area contributed by atoms with Gasteiger partial charge in [-0.1, -0.05) is 17.9 Å². The van der Waals surface area contributed by atoms with E-state index >= 15 is 4.39 Å². The summed E-state index contributed by atoms with van der Waals surface area (Å²) in [6, 6.07) is 3.00. The van der Waals surface area contributed by atoms with E-state index in [1.807, 2.05) is 7.05 Å². The third-order valence-electron chi connectivity index (χ3n) is 8.56. The average Bonchev–Trinajstić information content (AvgIpc) is 3.61. The summed E-state index contributed by atoms with van der Waals surface area (Å²) in [6.45, 7) is 7.26. The van der Waals surface area contributed by atoms with Gasteiger partial charge in [-0.15, -0.1) is 0 Å². The molecule has 240 valence electrons. The van der Waals surface area contributed by atoms with Gasteiger partial charge in [0, 0.05) is 55.8 Å². The van der Waals surface area contributed by atoms with Gasteiger partial charge in [-0.3, -0.25) is 4.79 Å². The summed E-state index contributed by atoms with van der Waals surface area (Å²) >= 11 is 0.765. The van der Waals surface area contributed by atoms with Crippen LogP contribution in [0.1, 0.15) is 30.9 Å². The summed E-state index contributed by atoms with van der Waals surface area (Å²) in [6.07, 6.45) is -1.92. The molecule has 45 heavy (non-hydrogen) atoms. The lowest BCUT2D eigenvalue weighted by Crippen LogP contribution is -2.53. The molecule has 0 saturated carbocycles. The van der Waals surface area contributed by atoms with Gasteiger partial charge in [-0.05, 0) is 50.7 Å². The molecule has 1 amide bonds. The number of aliphatic imine (C=N–C) groups is 1. The number of anilines is 2. The van der Waals surface area contributed by atoms with Crippen LogP contribution in [0, 0.1) is 11.6 Å². The Morgan fingerprint density at radius 2 is 1.96 bits per heavy atom. The first-order chi connectivity index (χ1) is 21.3. The van der Waals surface area contributed by atoms with Crippen molar-refractivity contribution < 1.29 is 31.5 Å². The maximum absolute atomic E-state index is 16.9. The zero-order valence-electron chi connectivity index (χ0n) is 24.7. The van der Waals surface area contributed by atoms with Crippen LogP contribution in [-0.2, 0) is 15.7 Å². The Morgan fingerprint density at radius 1 is 1.22 bits per heavy atom. The van der Waals surface area contributed by atoms with Crippen molar-refractivity contribution in [2.24, 2.45) is 4.99 Å². The lowest BCUT2D eigenvalue weighted by molar-refractivity contribution is -0.137. The van der Waals surface area contributed by atoms with Crippen LogP contribution >= 0.6 is 11.3 Å². The number of likely N-dealkylation sites (tertiary alicyclic amines) is 1. The van der Waals surface area contributed by atoms with Gasteiger partial charge in [0.15, 0.2) is 10.9 Å². The average molecular weight is 650 g/mol. The highest BCUT2D eigenvalue weighted by Crippen LogP contribution is 2.47. The van der Waals surface area contributed by atoms with E-state index in [4.69, 9.17) is 15.5 Å². The van der Waals surface area contributed by atoms with Gasteiger partial charge in [-0.25, -0.2) is 18.8 Å². The predicted molar refractivity (Wildman–Crippen MR) is 163 cm³/mol. The molecule has 6 rings (SSSR count). The third kappa shape index (κ3) is 5.72. The number of nitrogens with zero attached hydrogens (tertiary/aromatic N) is 5. The second kappa shape index (κ2) is 11.5. The highest BCUT2D eigenvalue weighted by Gasteiger charge is 2.43. The number of amides is 1. The van der Waals surface area contributed by atoms with E-state index in [0.717, 1.165) is 48.9 Å². The van der Waals surface area contributed by atoms with Crippen LogP contribution in [-0.4, -0.2) is 89.7 Å². The van der Waals surface area contributed by atoms with Crippen LogP contribution < -0.4 is 11.1 Å². The molecule has 2 fully saturated rings. The van der Waals surface area contributed by atoms with Gasteiger partial charge in [-0.2, -0.15) is 13.2 Å². The number of hydrogen-bond donors (Lipinski definition) is 2. The number of thiazole rings is 1. The van der Waals surface area contributed by atoms with E-state index in [1.54, 1.807) is 16.7 Å². The number of benzene rings is 2. The first kappa shape index (κ1) is 31.2. The summed E-state index contributed by atoms with van der Waals surface area (Å²) in [7, 11) is 1.98. The number of rotatable bonds is 5. The summed E-state index contributed by atoms with van der Waals surface area (Å²) in [5.41, 5.74) is 2.96. The number of piperazine rings is 1. The number of likely N-dealkylation sites (N-methyl/N-ethyl adjacent to an activating group) is 1. The van der Waals surface area contributed by atoms with Crippen molar-refractivity contribution in [3.8, 4) is 11.1 Å². The molecule has 2 atom stereocenters. The van der Waals surface area contributed by atoms with Crippen LogP contribution in [0.4, 0.5) is 32.8 Å². The number of aromatic nitrogens is 1. The van der Waals surface area contributed by atoms with Gasteiger partial charge >= 0.3 is 6.18 Å². The highest BCUT2D eigenvalue weighted by molar-refractivity contribution is 7.22. The Morgan fingerprint density at radius 3 is 2.60 bits per heavy atom. The molecule has 0 aliphatic carbocycles. The zero-order chi connectivity index (χ0) is 32.3. The first-order valence-electron chi connectivity index (χ1n) is 14.5. The molecule has 1 aromatic heterocycles. The number of nitrogens with one attached hydrogen (secondary N) is 1. The lowest BCUT2D eigenvalue weighted by atomic mass is 9.92. The van der Waals surface area contributed by atoms with Gasteiger partial charge in [0.1, 0.15) is 11.7 Å². The number of nitrogen functional groups attached to an aromatic ring is 1. The van der Waals surface area contributed by atoms with E-state index in [2.05, 4.69) is 21.8 Å². The van der Waals surface area contributed by atoms with Gasteiger partial charge in [0.25, 0.3) is 0 Å². The highest BCUT2D eigenvalue weighted by atomic mass is 32.1. The maximum Gasteiger partial charge on any atom is 0.417 e. The van der Waals surface area contributed by atoms with Crippen molar-refractivity contribution in [3.05, 3.63) is 53.6 Å². The smallest absolute Gasteiger partial charge is 0.375 e. The monoisotopic (exact) mass is 649 g/mol. The van der Waals surface area contributed by atoms with Crippen molar-refractivity contribution in [1.29, 1.82) is 0 Å². The molecule has 3 aliphatic rings. The normalized spacial score (nSPS) is 22.4. The molecule has 0 spiro atoms. The molecule has 1 unspecified atom stereocenters. The molecule has 15 heteroatoms. The van der Waals surface area contributed by atoms with Crippen molar-refractivity contribution in [1.82, 2.24) is 19.7 Å². The number of ether oxygens (including phenoxy) is 1. The standard InChI is InChI=1S/C30H32F5N7O2S/c1-4-21(43)41-10-12-42(13-11-41)27-18-14-19(30(33,34)35)22(17-7-8-20(31)26-25(17)37-28(36)45-26)23(32)24(18)38-29(2,39-27)44-15-16-6-5-9-40(16)3/h4,7-8,14,16,38H,1,5-6,9-13,15H2,2-3H3,(H2,36,37)/t16-,29?/m0/s1. The minimum atomic E-state index is -5.00. The molecule has 3 aliphatic heterocycles. The number of amidine groups is 1. The number of halogens is 5. The quantitative estimate of drug-likeness (QED) is 0.292. The SMILES string of the molecule is C=CC(=O)N1CCN(C2=NC(C)(OC[C@@H]3CCCN3C)Nc3c2cc(C(F)(F)F)c(-c2ccc(F)c4sc(N)nc24)c3F)CC1. The second-order valence-electron chi connectivity index (χ2n) is 11.5. The second-order valence-corrected chi connectivity index (χ2v) is 12.5. The first-order valence-corrected chi connectivity index (χ1v) is 15.3. The third-order valence-corrected chi connectivity index (χ3v) is 9.46. The van der Waals surface area contributed by atoms with Crippen LogP contribution in [0.3, 0.4) is 0 Å². The minimum Gasteiger partial charge on any atom is -0.375 e. The molecule has 4 heterocycles. The summed E-state index contributed by atoms with van der Waals surface area (Å²) in [5.74, 6) is -3.63. The largest absolute Gasteiger partial charge is 0.417 e. The van der Waals surface area contributed by atoms with Gasteiger partial charge in [0.05, 0.1) is 28.1 Å². The van der Waals surface area contributed by atoms with Crippen LogP contribution in [0.5, 0.6) is 0 Å². The lowest BCUT2D eigenvalue weighted by Gasteiger charge is -2.41. The van der Waals surface area contributed by atoms with E-state index in [0.29, 0.717) is 0 Å². The van der Waals surface area contributed by atoms with E-state index in [9.17, 15) is 22.4 Å². The van der Waals surface area contributed by atoms with Crippen molar-refractivity contribution in [2.45, 2.75) is 37.8 Å². The molecular formula is C30H32F5N7O2S.